The first-order valence-electron chi connectivity index (χ1n) is 9.27. The molecule has 0 bridgehead atoms. The zero-order valence-electron chi connectivity index (χ0n) is 15.2. The molecule has 1 aromatic rings. The first kappa shape index (κ1) is 19.7. The van der Waals surface area contributed by atoms with Gasteiger partial charge in [0.2, 0.25) is 11.8 Å². The van der Waals surface area contributed by atoms with E-state index in [1.165, 1.54) is 12.1 Å². The fourth-order valence-corrected chi connectivity index (χ4v) is 3.51. The minimum absolute atomic E-state index is 0.0881. The molecule has 8 heteroatoms. The van der Waals surface area contributed by atoms with Gasteiger partial charge in [0, 0.05) is 39.3 Å². The van der Waals surface area contributed by atoms with Crippen LogP contribution in [0.1, 0.15) is 24.0 Å². The highest BCUT2D eigenvalue weighted by atomic mass is 19.4. The van der Waals surface area contributed by atoms with Gasteiger partial charge in [-0.2, -0.15) is 13.2 Å². The van der Waals surface area contributed by atoms with Gasteiger partial charge in [-0.1, -0.05) is 12.1 Å². The molecule has 2 aliphatic heterocycles. The van der Waals surface area contributed by atoms with Gasteiger partial charge in [0.25, 0.3) is 0 Å². The summed E-state index contributed by atoms with van der Waals surface area (Å²) in [5.41, 5.74) is -0.144. The summed E-state index contributed by atoms with van der Waals surface area (Å²) in [5.74, 6) is 0.0531. The topological polar surface area (TPSA) is 43.9 Å². The van der Waals surface area contributed by atoms with Crippen LogP contribution in [0.3, 0.4) is 0 Å². The molecular formula is C19H24F3N3O2. The molecule has 2 aliphatic rings. The van der Waals surface area contributed by atoms with Gasteiger partial charge in [0.1, 0.15) is 0 Å². The lowest BCUT2D eigenvalue weighted by Gasteiger charge is -2.35. The third-order valence-electron chi connectivity index (χ3n) is 5.18. The number of piperazine rings is 1. The van der Waals surface area contributed by atoms with Crippen molar-refractivity contribution in [1.82, 2.24) is 14.7 Å². The predicted octanol–water partition coefficient (Wildman–Crippen LogP) is 2.01. The Hall–Kier alpha value is -2.09. The quantitative estimate of drug-likeness (QED) is 0.799. The molecule has 0 unspecified atom stereocenters. The lowest BCUT2D eigenvalue weighted by molar-refractivity contribution is -0.137. The maximum absolute atomic E-state index is 12.6. The Morgan fingerprint density at radius 1 is 0.815 bits per heavy atom. The van der Waals surface area contributed by atoms with Crippen LogP contribution in [0, 0.1) is 0 Å². The average molecular weight is 383 g/mol. The molecule has 2 fully saturated rings. The van der Waals surface area contributed by atoms with Crippen LogP contribution in [0.5, 0.6) is 0 Å². The van der Waals surface area contributed by atoms with Crippen LogP contribution in [0.4, 0.5) is 13.2 Å². The number of amides is 2. The maximum atomic E-state index is 12.6. The summed E-state index contributed by atoms with van der Waals surface area (Å²) in [6.45, 7) is 4.41. The van der Waals surface area contributed by atoms with E-state index in [1.54, 1.807) is 4.90 Å². The van der Waals surface area contributed by atoms with E-state index in [2.05, 4.69) is 4.90 Å². The molecule has 0 atom stereocenters. The molecule has 2 amide bonds. The van der Waals surface area contributed by atoms with E-state index in [1.807, 2.05) is 4.90 Å². The van der Waals surface area contributed by atoms with Crippen molar-refractivity contribution in [1.29, 1.82) is 0 Å². The van der Waals surface area contributed by atoms with Crippen molar-refractivity contribution in [3.63, 3.8) is 0 Å². The first-order chi connectivity index (χ1) is 12.8. The summed E-state index contributed by atoms with van der Waals surface area (Å²) in [4.78, 5) is 30.3. The molecule has 0 N–H and O–H groups in total. The molecule has 5 nitrogen and oxygen atoms in total. The number of nitrogens with zero attached hydrogens (tertiary/aromatic N) is 3. The van der Waals surface area contributed by atoms with Crippen molar-refractivity contribution in [3.8, 4) is 0 Å². The predicted molar refractivity (Wildman–Crippen MR) is 94.0 cm³/mol. The second-order valence-electron chi connectivity index (χ2n) is 7.12. The third kappa shape index (κ3) is 5.22. The van der Waals surface area contributed by atoms with E-state index < -0.39 is 11.7 Å². The number of hydrogen-bond acceptors (Lipinski definition) is 3. The summed E-state index contributed by atoms with van der Waals surface area (Å²) in [6, 6.07) is 4.71. The molecule has 148 valence electrons. The van der Waals surface area contributed by atoms with Gasteiger partial charge in [-0.3, -0.25) is 14.5 Å². The van der Waals surface area contributed by atoms with Crippen LogP contribution in [-0.4, -0.2) is 72.3 Å². The van der Waals surface area contributed by atoms with Crippen LogP contribution in [0.2, 0.25) is 0 Å². The Morgan fingerprint density at radius 3 is 1.93 bits per heavy atom. The molecule has 27 heavy (non-hydrogen) atoms. The third-order valence-corrected chi connectivity index (χ3v) is 5.18. The van der Waals surface area contributed by atoms with Crippen LogP contribution in [-0.2, 0) is 22.2 Å². The van der Waals surface area contributed by atoms with Gasteiger partial charge < -0.3 is 9.80 Å². The summed E-state index contributed by atoms with van der Waals surface area (Å²) < 4.78 is 37.8. The summed E-state index contributed by atoms with van der Waals surface area (Å²) in [7, 11) is 0. The summed E-state index contributed by atoms with van der Waals surface area (Å²) in [6.07, 6.45) is -2.15. The zero-order chi connectivity index (χ0) is 19.4. The van der Waals surface area contributed by atoms with Gasteiger partial charge in [0.15, 0.2) is 0 Å². The average Bonchev–Trinajstić information content (AvgIpc) is 3.17. The van der Waals surface area contributed by atoms with Crippen molar-refractivity contribution in [2.24, 2.45) is 0 Å². The van der Waals surface area contributed by atoms with Gasteiger partial charge in [-0.25, -0.2) is 0 Å². The van der Waals surface area contributed by atoms with Crippen molar-refractivity contribution in [3.05, 3.63) is 35.4 Å². The molecule has 0 saturated carbocycles. The molecule has 0 spiro atoms. The molecule has 2 saturated heterocycles. The summed E-state index contributed by atoms with van der Waals surface area (Å²) >= 11 is 0. The SMILES string of the molecule is O=C(Cc1ccc(C(F)(F)F)cc1)N1CCN(CC(=O)N2CCCC2)CC1. The lowest BCUT2D eigenvalue weighted by Crippen LogP contribution is -2.51. The van der Waals surface area contributed by atoms with Crippen LogP contribution >= 0.6 is 0 Å². The monoisotopic (exact) mass is 383 g/mol. The number of benzene rings is 1. The first-order valence-corrected chi connectivity index (χ1v) is 9.27. The van der Waals surface area contributed by atoms with Gasteiger partial charge in [-0.05, 0) is 30.5 Å². The van der Waals surface area contributed by atoms with Crippen molar-refractivity contribution in [2.75, 3.05) is 45.8 Å². The molecular weight excluding hydrogens is 359 g/mol. The van der Waals surface area contributed by atoms with Crippen molar-refractivity contribution in [2.45, 2.75) is 25.4 Å². The van der Waals surface area contributed by atoms with Crippen molar-refractivity contribution >= 4 is 11.8 Å². The second-order valence-corrected chi connectivity index (χ2v) is 7.12. The Bertz CT molecular complexity index is 662. The normalized spacial score (nSPS) is 18.8. The highest BCUT2D eigenvalue weighted by Crippen LogP contribution is 2.29. The number of likely N-dealkylation sites (tertiary alicyclic amines) is 1. The van der Waals surface area contributed by atoms with Gasteiger partial charge in [0.05, 0.1) is 18.5 Å². The number of rotatable bonds is 4. The van der Waals surface area contributed by atoms with E-state index in [-0.39, 0.29) is 18.2 Å². The lowest BCUT2D eigenvalue weighted by atomic mass is 10.1. The summed E-state index contributed by atoms with van der Waals surface area (Å²) in [5, 5.41) is 0. The highest BCUT2D eigenvalue weighted by molar-refractivity contribution is 5.79. The maximum Gasteiger partial charge on any atom is 0.416 e. The minimum Gasteiger partial charge on any atom is -0.342 e. The Labute approximate surface area is 156 Å². The van der Waals surface area contributed by atoms with E-state index in [0.717, 1.165) is 38.1 Å². The Balaban J connectivity index is 1.45. The second kappa shape index (κ2) is 8.29. The fourth-order valence-electron chi connectivity index (χ4n) is 3.51. The smallest absolute Gasteiger partial charge is 0.342 e. The molecule has 3 rings (SSSR count). The molecule has 0 radical (unpaired) electrons. The Morgan fingerprint density at radius 2 is 1.37 bits per heavy atom. The van der Waals surface area contributed by atoms with E-state index >= 15 is 0 Å². The molecule has 0 aliphatic carbocycles. The van der Waals surface area contributed by atoms with E-state index in [4.69, 9.17) is 0 Å². The number of halogens is 3. The standard InChI is InChI=1S/C19H24F3N3O2/c20-19(21,22)16-5-3-15(4-6-16)13-17(26)25-11-9-23(10-12-25)14-18(27)24-7-1-2-8-24/h3-6H,1-2,7-14H2. The minimum atomic E-state index is -4.37. The van der Waals surface area contributed by atoms with Crippen LogP contribution in [0.25, 0.3) is 0 Å². The van der Waals surface area contributed by atoms with E-state index in [0.29, 0.717) is 38.3 Å². The number of alkyl halides is 3. The fraction of sp³-hybridized carbons (Fsp3) is 0.579. The largest absolute Gasteiger partial charge is 0.416 e. The zero-order valence-corrected chi connectivity index (χ0v) is 15.2. The number of carbonyl (C=O) groups excluding carboxylic acids is 2. The molecule has 1 aromatic carbocycles. The van der Waals surface area contributed by atoms with Crippen LogP contribution < -0.4 is 0 Å². The van der Waals surface area contributed by atoms with Crippen LogP contribution in [0.15, 0.2) is 24.3 Å². The molecule has 2 heterocycles. The number of hydrogen-bond donors (Lipinski definition) is 0. The highest BCUT2D eigenvalue weighted by Gasteiger charge is 2.30. The van der Waals surface area contributed by atoms with Crippen molar-refractivity contribution < 1.29 is 22.8 Å². The van der Waals surface area contributed by atoms with Gasteiger partial charge in [-0.15, -0.1) is 0 Å². The molecule has 0 aromatic heterocycles. The van der Waals surface area contributed by atoms with Gasteiger partial charge >= 0.3 is 6.18 Å². The number of carbonyl (C=O) groups is 2. The van der Waals surface area contributed by atoms with E-state index in [9.17, 15) is 22.8 Å². The Kier molecular flexibility index (Phi) is 6.04.